The van der Waals surface area contributed by atoms with Gasteiger partial charge in [-0.05, 0) is 23.6 Å². The fraction of sp³-hybridized carbons (Fsp3) is 0.0833. The molecule has 3 N–H and O–H groups in total. The number of hydrogen-bond acceptors (Lipinski definition) is 3. The number of nitrogen functional groups attached to an aromatic ring is 1. The van der Waals surface area contributed by atoms with Crippen molar-refractivity contribution in [3.05, 3.63) is 50.1 Å². The average molecular weight is 301 g/mol. The number of rotatable bonds is 3. The summed E-state index contributed by atoms with van der Waals surface area (Å²) in [4.78, 5) is 13.0. The topological polar surface area (TPSA) is 55.1 Å². The lowest BCUT2D eigenvalue weighted by molar-refractivity contribution is 0.0951. The van der Waals surface area contributed by atoms with Crippen molar-refractivity contribution in [2.75, 3.05) is 5.73 Å². The minimum atomic E-state index is -0.229. The Hall–Kier alpha value is -1.23. The highest BCUT2D eigenvalue weighted by atomic mass is 35.5. The fourth-order valence-electron chi connectivity index (χ4n) is 1.40. The maximum absolute atomic E-state index is 11.9. The Balaban J connectivity index is 2.09. The molecule has 1 heterocycles. The van der Waals surface area contributed by atoms with Gasteiger partial charge >= 0.3 is 0 Å². The molecule has 0 aliphatic rings. The molecule has 0 aliphatic carbocycles. The van der Waals surface area contributed by atoms with E-state index in [1.54, 1.807) is 11.3 Å². The molecule has 6 heteroatoms. The number of amides is 1. The van der Waals surface area contributed by atoms with Crippen LogP contribution in [0.5, 0.6) is 0 Å². The van der Waals surface area contributed by atoms with Crippen LogP contribution in [-0.4, -0.2) is 5.91 Å². The lowest BCUT2D eigenvalue weighted by Gasteiger charge is -2.07. The molecule has 0 radical (unpaired) electrons. The van der Waals surface area contributed by atoms with Crippen molar-refractivity contribution in [3.8, 4) is 0 Å². The molecule has 0 fully saturated rings. The zero-order chi connectivity index (χ0) is 13.1. The first kappa shape index (κ1) is 13.2. The fourth-order valence-corrected chi connectivity index (χ4v) is 2.53. The van der Waals surface area contributed by atoms with Crippen LogP contribution in [0.3, 0.4) is 0 Å². The highest BCUT2D eigenvalue weighted by Gasteiger charge is 2.11. The van der Waals surface area contributed by atoms with Crippen LogP contribution in [0.15, 0.2) is 29.6 Å². The Labute approximate surface area is 119 Å². The minimum Gasteiger partial charge on any atom is -0.396 e. The molecule has 0 saturated heterocycles. The molecule has 1 aromatic carbocycles. The van der Waals surface area contributed by atoms with Crippen LogP contribution in [0, 0.1) is 0 Å². The lowest BCUT2D eigenvalue weighted by atomic mass is 10.2. The predicted molar refractivity (Wildman–Crippen MR) is 76.4 cm³/mol. The van der Waals surface area contributed by atoms with E-state index in [0.29, 0.717) is 12.1 Å². The van der Waals surface area contributed by atoms with Gasteiger partial charge in [0.15, 0.2) is 0 Å². The number of halogens is 2. The Morgan fingerprint density at radius 2 is 2.00 bits per heavy atom. The summed E-state index contributed by atoms with van der Waals surface area (Å²) in [5.41, 5.74) is 6.29. The van der Waals surface area contributed by atoms with Gasteiger partial charge in [-0.1, -0.05) is 29.3 Å². The molecule has 3 nitrogen and oxygen atoms in total. The van der Waals surface area contributed by atoms with E-state index in [1.807, 2.05) is 17.5 Å². The van der Waals surface area contributed by atoms with Crippen molar-refractivity contribution < 1.29 is 4.79 Å². The zero-order valence-corrected chi connectivity index (χ0v) is 11.6. The summed E-state index contributed by atoms with van der Waals surface area (Å²) in [5, 5.41) is 5.31. The van der Waals surface area contributed by atoms with Gasteiger partial charge in [-0.2, -0.15) is 0 Å². The van der Waals surface area contributed by atoms with E-state index in [4.69, 9.17) is 28.9 Å². The third-order valence-corrected chi connectivity index (χ3v) is 3.85. The molecule has 0 saturated carbocycles. The van der Waals surface area contributed by atoms with Gasteiger partial charge in [0.25, 0.3) is 5.91 Å². The van der Waals surface area contributed by atoms with E-state index in [0.717, 1.165) is 4.88 Å². The first-order valence-corrected chi connectivity index (χ1v) is 6.76. The van der Waals surface area contributed by atoms with E-state index < -0.39 is 0 Å². The second-order valence-corrected chi connectivity index (χ2v) is 5.46. The molecule has 1 aromatic heterocycles. The smallest absolute Gasteiger partial charge is 0.251 e. The summed E-state index contributed by atoms with van der Waals surface area (Å²) in [6, 6.07) is 6.90. The molecule has 94 valence electrons. The van der Waals surface area contributed by atoms with E-state index in [1.165, 1.54) is 12.1 Å². The third-order valence-electron chi connectivity index (χ3n) is 2.34. The maximum atomic E-state index is 11.9. The number of anilines is 1. The van der Waals surface area contributed by atoms with E-state index in [-0.39, 0.29) is 21.6 Å². The van der Waals surface area contributed by atoms with Gasteiger partial charge < -0.3 is 11.1 Å². The van der Waals surface area contributed by atoms with Crippen LogP contribution in [0.25, 0.3) is 0 Å². The van der Waals surface area contributed by atoms with Crippen molar-refractivity contribution in [1.29, 1.82) is 0 Å². The minimum absolute atomic E-state index is 0.229. The van der Waals surface area contributed by atoms with Crippen molar-refractivity contribution in [2.24, 2.45) is 0 Å². The van der Waals surface area contributed by atoms with Gasteiger partial charge in [-0.15, -0.1) is 11.3 Å². The molecular formula is C12H10Cl2N2OS. The molecular weight excluding hydrogens is 291 g/mol. The second-order valence-electron chi connectivity index (χ2n) is 3.62. The Kier molecular flexibility index (Phi) is 4.11. The number of thiophene rings is 1. The number of benzene rings is 1. The summed E-state index contributed by atoms with van der Waals surface area (Å²) in [7, 11) is 0. The predicted octanol–water partition coefficient (Wildman–Crippen LogP) is 3.57. The van der Waals surface area contributed by atoms with E-state index in [2.05, 4.69) is 5.32 Å². The molecule has 0 spiro atoms. The standard InChI is InChI=1S/C12H10Cl2N2OS/c13-9-4-7(5-10(14)11(9)15)12(17)16-6-8-2-1-3-18-8/h1-5H,6,15H2,(H,16,17). The third kappa shape index (κ3) is 2.96. The highest BCUT2D eigenvalue weighted by molar-refractivity contribution is 7.09. The highest BCUT2D eigenvalue weighted by Crippen LogP contribution is 2.28. The van der Waals surface area contributed by atoms with Crippen LogP contribution in [0.4, 0.5) is 5.69 Å². The molecule has 18 heavy (non-hydrogen) atoms. The molecule has 1 amide bonds. The maximum Gasteiger partial charge on any atom is 0.251 e. The monoisotopic (exact) mass is 300 g/mol. The normalized spacial score (nSPS) is 10.3. The molecule has 0 bridgehead atoms. The Bertz CT molecular complexity index is 546. The van der Waals surface area contributed by atoms with E-state index in [9.17, 15) is 4.79 Å². The molecule has 2 aromatic rings. The van der Waals surface area contributed by atoms with Crippen LogP contribution in [0.2, 0.25) is 10.0 Å². The summed E-state index contributed by atoms with van der Waals surface area (Å²) in [6.45, 7) is 0.482. The van der Waals surface area contributed by atoms with Crippen LogP contribution >= 0.6 is 34.5 Å². The number of carbonyl (C=O) groups is 1. The summed E-state index contributed by atoms with van der Waals surface area (Å²) < 4.78 is 0. The van der Waals surface area contributed by atoms with Gasteiger partial charge in [-0.3, -0.25) is 4.79 Å². The average Bonchev–Trinajstić information content (AvgIpc) is 2.85. The summed E-state index contributed by atoms with van der Waals surface area (Å²) in [5.74, 6) is -0.229. The van der Waals surface area contributed by atoms with Gasteiger partial charge in [-0.25, -0.2) is 0 Å². The largest absolute Gasteiger partial charge is 0.396 e. The number of nitrogens with two attached hydrogens (primary N) is 1. The lowest BCUT2D eigenvalue weighted by Crippen LogP contribution is -2.22. The van der Waals surface area contributed by atoms with Crippen molar-refractivity contribution in [3.63, 3.8) is 0 Å². The number of carbonyl (C=O) groups excluding carboxylic acids is 1. The first-order valence-electron chi connectivity index (χ1n) is 5.13. The zero-order valence-electron chi connectivity index (χ0n) is 9.24. The molecule has 0 atom stereocenters. The van der Waals surface area contributed by atoms with Gasteiger partial charge in [0.05, 0.1) is 22.3 Å². The van der Waals surface area contributed by atoms with Gasteiger partial charge in [0.2, 0.25) is 0 Å². The number of nitrogens with one attached hydrogen (secondary N) is 1. The summed E-state index contributed by atoms with van der Waals surface area (Å²) >= 11 is 13.3. The number of hydrogen-bond donors (Lipinski definition) is 2. The van der Waals surface area contributed by atoms with Crippen LogP contribution in [0.1, 0.15) is 15.2 Å². The van der Waals surface area contributed by atoms with Crippen molar-refractivity contribution in [1.82, 2.24) is 5.32 Å². The van der Waals surface area contributed by atoms with Crippen molar-refractivity contribution >= 4 is 46.1 Å². The molecule has 0 aliphatic heterocycles. The summed E-state index contributed by atoms with van der Waals surface area (Å²) in [6.07, 6.45) is 0. The van der Waals surface area contributed by atoms with Crippen LogP contribution in [-0.2, 0) is 6.54 Å². The quantitative estimate of drug-likeness (QED) is 0.852. The SMILES string of the molecule is Nc1c(Cl)cc(C(=O)NCc2cccs2)cc1Cl. The molecule has 0 unspecified atom stereocenters. The van der Waals surface area contributed by atoms with Crippen molar-refractivity contribution in [2.45, 2.75) is 6.54 Å². The molecule has 2 rings (SSSR count). The first-order chi connectivity index (χ1) is 8.58. The Morgan fingerprint density at radius 1 is 1.33 bits per heavy atom. The Morgan fingerprint density at radius 3 is 2.56 bits per heavy atom. The van der Waals surface area contributed by atoms with E-state index >= 15 is 0 Å². The van der Waals surface area contributed by atoms with Crippen LogP contribution < -0.4 is 11.1 Å². The van der Waals surface area contributed by atoms with Gasteiger partial charge in [0.1, 0.15) is 0 Å². The second kappa shape index (κ2) is 5.61. The van der Waals surface area contributed by atoms with Gasteiger partial charge in [0, 0.05) is 10.4 Å².